The lowest BCUT2D eigenvalue weighted by Crippen LogP contribution is -2.38. The number of sulfone groups is 1. The first-order valence-corrected chi connectivity index (χ1v) is 11.4. The van der Waals surface area contributed by atoms with Crippen molar-refractivity contribution in [2.45, 2.75) is 38.9 Å². The molecule has 2 heterocycles. The number of rotatable bonds is 7. The van der Waals surface area contributed by atoms with E-state index in [1.807, 2.05) is 28.8 Å². The first-order chi connectivity index (χ1) is 12.4. The molecule has 0 saturated carbocycles. The van der Waals surface area contributed by atoms with Crippen LogP contribution in [0.5, 0.6) is 0 Å². The summed E-state index contributed by atoms with van der Waals surface area (Å²) in [6.45, 7) is 3.46. The SMILES string of the molecule is CCCCN(Cn1ncn(-c2cccc(Cl)c2)c1=S)[C@H]1CCS(=O)(=O)C1. The summed E-state index contributed by atoms with van der Waals surface area (Å²) in [6, 6.07) is 7.47. The van der Waals surface area contributed by atoms with E-state index in [0.717, 1.165) is 25.1 Å². The van der Waals surface area contributed by atoms with Crippen molar-refractivity contribution in [3.05, 3.63) is 40.4 Å². The Kier molecular flexibility index (Phi) is 6.17. The Morgan fingerprint density at radius 3 is 2.88 bits per heavy atom. The zero-order chi connectivity index (χ0) is 18.7. The minimum atomic E-state index is -2.93. The van der Waals surface area contributed by atoms with Crippen molar-refractivity contribution in [3.8, 4) is 5.69 Å². The molecule has 0 bridgehead atoms. The molecule has 1 saturated heterocycles. The van der Waals surface area contributed by atoms with Gasteiger partial charge in [0.05, 0.1) is 23.9 Å². The lowest BCUT2D eigenvalue weighted by Gasteiger charge is -2.27. The Hall–Kier alpha value is -1.22. The van der Waals surface area contributed by atoms with Gasteiger partial charge in [-0.05, 0) is 43.3 Å². The summed E-state index contributed by atoms with van der Waals surface area (Å²) >= 11 is 11.6. The number of hydrogen-bond acceptors (Lipinski definition) is 5. The summed E-state index contributed by atoms with van der Waals surface area (Å²) in [6.07, 6.45) is 4.42. The van der Waals surface area contributed by atoms with Crippen LogP contribution in [-0.2, 0) is 16.5 Å². The van der Waals surface area contributed by atoms with Gasteiger partial charge in [-0.3, -0.25) is 9.47 Å². The minimum Gasteiger partial charge on any atom is -0.280 e. The van der Waals surface area contributed by atoms with Crippen molar-refractivity contribution < 1.29 is 8.42 Å². The number of nitrogens with zero attached hydrogens (tertiary/aromatic N) is 4. The molecule has 2 aromatic rings. The van der Waals surface area contributed by atoms with E-state index in [4.69, 9.17) is 23.8 Å². The lowest BCUT2D eigenvalue weighted by molar-refractivity contribution is 0.152. The highest BCUT2D eigenvalue weighted by Crippen LogP contribution is 2.20. The second-order valence-corrected chi connectivity index (χ2v) is 9.66. The third kappa shape index (κ3) is 4.54. The molecule has 3 rings (SSSR count). The highest BCUT2D eigenvalue weighted by atomic mass is 35.5. The van der Waals surface area contributed by atoms with Gasteiger partial charge < -0.3 is 0 Å². The van der Waals surface area contributed by atoms with Crippen molar-refractivity contribution in [1.29, 1.82) is 0 Å². The fourth-order valence-electron chi connectivity index (χ4n) is 3.20. The molecule has 0 unspecified atom stereocenters. The maximum atomic E-state index is 11.9. The van der Waals surface area contributed by atoms with Gasteiger partial charge in [-0.25, -0.2) is 13.1 Å². The molecule has 1 aliphatic heterocycles. The van der Waals surface area contributed by atoms with E-state index < -0.39 is 9.84 Å². The standard InChI is InChI=1S/C17H23ClN4O2S2/c1-2-3-8-20(16-7-9-26(23,24)11-16)13-22-17(25)21(12-19-22)15-6-4-5-14(18)10-15/h4-6,10,12,16H,2-3,7-9,11,13H2,1H3/t16-/m0/s1. The molecule has 0 amide bonds. The van der Waals surface area contributed by atoms with Crippen LogP contribution in [0.4, 0.5) is 0 Å². The number of aromatic nitrogens is 3. The molecule has 0 aliphatic carbocycles. The van der Waals surface area contributed by atoms with Crippen LogP contribution in [-0.4, -0.2) is 51.8 Å². The predicted molar refractivity (Wildman–Crippen MR) is 106 cm³/mol. The zero-order valence-corrected chi connectivity index (χ0v) is 17.1. The maximum Gasteiger partial charge on any atom is 0.203 e. The molecule has 9 heteroatoms. The zero-order valence-electron chi connectivity index (χ0n) is 14.7. The van der Waals surface area contributed by atoms with Gasteiger partial charge in [0.25, 0.3) is 0 Å². The van der Waals surface area contributed by atoms with E-state index in [0.29, 0.717) is 22.9 Å². The number of unbranched alkanes of at least 4 members (excludes halogenated alkanes) is 1. The first-order valence-electron chi connectivity index (χ1n) is 8.74. The Bertz CT molecular complexity index is 923. The maximum absolute atomic E-state index is 11.9. The summed E-state index contributed by atoms with van der Waals surface area (Å²) in [7, 11) is -2.93. The molecule has 0 spiro atoms. The Labute approximate surface area is 164 Å². The summed E-state index contributed by atoms with van der Waals surface area (Å²) in [4.78, 5) is 2.19. The predicted octanol–water partition coefficient (Wildman–Crippen LogP) is 3.30. The molecule has 142 valence electrons. The van der Waals surface area contributed by atoms with Gasteiger partial charge in [0.1, 0.15) is 6.33 Å². The highest BCUT2D eigenvalue weighted by molar-refractivity contribution is 7.91. The summed E-state index contributed by atoms with van der Waals surface area (Å²) in [5, 5.41) is 5.06. The molecule has 0 N–H and O–H groups in total. The van der Waals surface area contributed by atoms with Crippen molar-refractivity contribution >= 4 is 33.7 Å². The molecular weight excluding hydrogens is 392 g/mol. The molecule has 1 atom stereocenters. The second kappa shape index (κ2) is 8.21. The van der Waals surface area contributed by atoms with Gasteiger partial charge in [0, 0.05) is 17.6 Å². The van der Waals surface area contributed by atoms with Crippen LogP contribution >= 0.6 is 23.8 Å². The lowest BCUT2D eigenvalue weighted by atomic mass is 10.2. The van der Waals surface area contributed by atoms with Crippen LogP contribution in [0, 0.1) is 4.77 Å². The molecule has 1 fully saturated rings. The van der Waals surface area contributed by atoms with E-state index in [1.54, 1.807) is 11.0 Å². The van der Waals surface area contributed by atoms with Crippen LogP contribution in [0.1, 0.15) is 26.2 Å². The van der Waals surface area contributed by atoms with E-state index in [2.05, 4.69) is 16.9 Å². The largest absolute Gasteiger partial charge is 0.280 e. The van der Waals surface area contributed by atoms with Crippen LogP contribution < -0.4 is 0 Å². The fourth-order valence-corrected chi connectivity index (χ4v) is 5.41. The molecule has 1 aromatic carbocycles. The smallest absolute Gasteiger partial charge is 0.203 e. The third-order valence-corrected chi connectivity index (χ3v) is 7.05. The van der Waals surface area contributed by atoms with Crippen LogP contribution in [0.2, 0.25) is 5.02 Å². The Morgan fingerprint density at radius 2 is 2.23 bits per heavy atom. The molecule has 0 radical (unpaired) electrons. The van der Waals surface area contributed by atoms with Crippen molar-refractivity contribution in [3.63, 3.8) is 0 Å². The van der Waals surface area contributed by atoms with Gasteiger partial charge in [0.2, 0.25) is 4.77 Å². The number of halogens is 1. The van der Waals surface area contributed by atoms with E-state index >= 15 is 0 Å². The number of hydrogen-bond donors (Lipinski definition) is 0. The molecule has 1 aromatic heterocycles. The van der Waals surface area contributed by atoms with Gasteiger partial charge in [-0.1, -0.05) is 31.0 Å². The average molecular weight is 415 g/mol. The van der Waals surface area contributed by atoms with Gasteiger partial charge in [0.15, 0.2) is 9.84 Å². The third-order valence-electron chi connectivity index (χ3n) is 4.66. The molecule has 6 nitrogen and oxygen atoms in total. The van der Waals surface area contributed by atoms with Gasteiger partial charge >= 0.3 is 0 Å². The highest BCUT2D eigenvalue weighted by Gasteiger charge is 2.32. The Morgan fingerprint density at radius 1 is 1.42 bits per heavy atom. The van der Waals surface area contributed by atoms with Crippen LogP contribution in [0.25, 0.3) is 5.69 Å². The minimum absolute atomic E-state index is 0.0322. The Balaban J connectivity index is 1.82. The average Bonchev–Trinajstić information content (AvgIpc) is 3.14. The molecule has 26 heavy (non-hydrogen) atoms. The first kappa shape index (κ1) is 19.5. The van der Waals surface area contributed by atoms with Crippen LogP contribution in [0.3, 0.4) is 0 Å². The van der Waals surface area contributed by atoms with Crippen molar-refractivity contribution in [2.24, 2.45) is 0 Å². The second-order valence-electron chi connectivity index (χ2n) is 6.63. The number of benzene rings is 1. The monoisotopic (exact) mass is 414 g/mol. The quantitative estimate of drug-likeness (QED) is 0.650. The van der Waals surface area contributed by atoms with E-state index in [9.17, 15) is 8.42 Å². The van der Waals surface area contributed by atoms with E-state index in [-0.39, 0.29) is 17.5 Å². The van der Waals surface area contributed by atoms with Crippen molar-refractivity contribution in [1.82, 2.24) is 19.2 Å². The van der Waals surface area contributed by atoms with Crippen LogP contribution in [0.15, 0.2) is 30.6 Å². The summed E-state index contributed by atoms with van der Waals surface area (Å²) in [5.74, 6) is 0.488. The normalized spacial score (nSPS) is 19.3. The van der Waals surface area contributed by atoms with Crippen molar-refractivity contribution in [2.75, 3.05) is 18.1 Å². The fraction of sp³-hybridized carbons (Fsp3) is 0.529. The van der Waals surface area contributed by atoms with E-state index in [1.165, 1.54) is 0 Å². The van der Waals surface area contributed by atoms with Gasteiger partial charge in [-0.15, -0.1) is 0 Å². The topological polar surface area (TPSA) is 60.1 Å². The van der Waals surface area contributed by atoms with Gasteiger partial charge in [-0.2, -0.15) is 5.10 Å². The molecule has 1 aliphatic rings. The summed E-state index contributed by atoms with van der Waals surface area (Å²) < 4.78 is 27.9. The molecular formula is C17H23ClN4O2S2. The summed E-state index contributed by atoms with van der Waals surface area (Å²) in [5.41, 5.74) is 0.859.